The van der Waals surface area contributed by atoms with Crippen molar-refractivity contribution in [1.82, 2.24) is 9.72 Å². The SMILES string of the molecule is CCCOP1(Oc2cccc(OC)c2)=N[PH](OCCC)(Oc2cccc(OC)c2)N[PH](OCCC)(Oc2cccc(OC)c2)N1. The number of rotatable bonds is 18. The zero-order chi connectivity index (χ0) is 32.2. The second-order valence-corrected chi connectivity index (χ2v) is 17.5. The van der Waals surface area contributed by atoms with E-state index in [1.807, 2.05) is 75.4 Å². The minimum atomic E-state index is -3.90. The van der Waals surface area contributed by atoms with Gasteiger partial charge in [0.25, 0.3) is 0 Å². The summed E-state index contributed by atoms with van der Waals surface area (Å²) in [4.78, 5) is 7.05. The first-order chi connectivity index (χ1) is 21.8. The molecule has 3 aromatic rings. The molecule has 1 aliphatic rings. The van der Waals surface area contributed by atoms with E-state index in [-0.39, 0.29) is 0 Å². The Morgan fingerprint density at radius 2 is 1.11 bits per heavy atom. The second kappa shape index (κ2) is 16.8. The van der Waals surface area contributed by atoms with E-state index in [2.05, 4.69) is 9.72 Å². The van der Waals surface area contributed by atoms with Crippen molar-refractivity contribution >= 4 is 23.7 Å². The zero-order valence-electron chi connectivity index (χ0n) is 26.7. The molecule has 0 radical (unpaired) electrons. The van der Waals surface area contributed by atoms with Crippen LogP contribution in [-0.4, -0.2) is 41.2 Å². The fourth-order valence-electron chi connectivity index (χ4n) is 4.22. The van der Waals surface area contributed by atoms with Gasteiger partial charge in [-0.05, 0) is 0 Å². The van der Waals surface area contributed by atoms with Crippen LogP contribution in [0.1, 0.15) is 40.0 Å². The van der Waals surface area contributed by atoms with Gasteiger partial charge in [-0.15, -0.1) is 0 Å². The quantitative estimate of drug-likeness (QED) is 0.126. The van der Waals surface area contributed by atoms with Gasteiger partial charge in [0.05, 0.1) is 0 Å². The van der Waals surface area contributed by atoms with Gasteiger partial charge in [0.1, 0.15) is 0 Å². The Morgan fingerprint density at radius 1 is 0.622 bits per heavy atom. The first-order valence-electron chi connectivity index (χ1n) is 15.0. The molecule has 0 amide bonds. The standard InChI is InChI=1S/C30H46N3O9P3/c1-7-19-37-43(40-28-16-10-13-25(22-28)34-4)31-44(38-20-8-2,41-29-17-11-14-26(23-29)35-5)33-45(32-43,39-21-9-3)42-30-18-12-15-27(24-30)36-6/h10-18,22-24,31-32,43-44H,7-9,19-21H2,1-6H3. The Kier molecular flexibility index (Phi) is 13.1. The van der Waals surface area contributed by atoms with Crippen LogP contribution >= 0.6 is 23.7 Å². The summed E-state index contributed by atoms with van der Waals surface area (Å²) in [7, 11) is -6.37. The average molecular weight is 686 g/mol. The molecule has 1 unspecified atom stereocenters. The number of nitrogens with zero attached hydrogens (tertiary/aromatic N) is 1. The minimum absolute atomic E-state index is 0.336. The molecule has 0 spiro atoms. The van der Waals surface area contributed by atoms with Gasteiger partial charge in [0.15, 0.2) is 0 Å². The van der Waals surface area contributed by atoms with E-state index in [0.29, 0.717) is 67.2 Å². The number of hydrogen-bond acceptors (Lipinski definition) is 12. The van der Waals surface area contributed by atoms with Crippen molar-refractivity contribution in [3.63, 3.8) is 0 Å². The van der Waals surface area contributed by atoms with Gasteiger partial charge in [0.2, 0.25) is 0 Å². The van der Waals surface area contributed by atoms with E-state index < -0.39 is 23.7 Å². The summed E-state index contributed by atoms with van der Waals surface area (Å²) in [5.74, 6) is 3.35. The Balaban J connectivity index is 1.94. The number of ether oxygens (including phenoxy) is 3. The molecule has 1 atom stereocenters. The molecular formula is C30H46N3O9P3. The van der Waals surface area contributed by atoms with Crippen LogP contribution in [0.25, 0.3) is 0 Å². The predicted molar refractivity (Wildman–Crippen MR) is 182 cm³/mol. The number of methoxy groups -OCH3 is 3. The number of nitrogens with one attached hydrogen (secondary N) is 2. The topological polar surface area (TPSA) is 119 Å². The van der Waals surface area contributed by atoms with Crippen LogP contribution in [0.3, 0.4) is 0 Å². The molecule has 0 saturated carbocycles. The van der Waals surface area contributed by atoms with Crippen LogP contribution < -0.4 is 37.5 Å². The molecule has 12 nitrogen and oxygen atoms in total. The van der Waals surface area contributed by atoms with Crippen molar-refractivity contribution in [3.8, 4) is 34.5 Å². The monoisotopic (exact) mass is 685 g/mol. The van der Waals surface area contributed by atoms with E-state index in [9.17, 15) is 0 Å². The van der Waals surface area contributed by atoms with Crippen molar-refractivity contribution < 1.29 is 41.4 Å². The van der Waals surface area contributed by atoms with Crippen molar-refractivity contribution in [2.45, 2.75) is 40.0 Å². The van der Waals surface area contributed by atoms with E-state index in [1.165, 1.54) is 0 Å². The molecule has 15 heteroatoms. The summed E-state index contributed by atoms with van der Waals surface area (Å²) < 4.78 is 61.6. The van der Waals surface area contributed by atoms with Gasteiger partial charge < -0.3 is 0 Å². The van der Waals surface area contributed by atoms with Gasteiger partial charge in [-0.3, -0.25) is 0 Å². The summed E-state index contributed by atoms with van der Waals surface area (Å²) in [6, 6.07) is 21.8. The van der Waals surface area contributed by atoms with Crippen LogP contribution in [0.15, 0.2) is 77.3 Å². The van der Waals surface area contributed by atoms with E-state index in [4.69, 9.17) is 45.9 Å². The van der Waals surface area contributed by atoms with Gasteiger partial charge in [-0.25, -0.2) is 0 Å². The fraction of sp³-hybridized carbons (Fsp3) is 0.400. The molecule has 250 valence electrons. The maximum absolute atomic E-state index is 6.77. The molecule has 0 fully saturated rings. The first kappa shape index (κ1) is 35.2. The maximum atomic E-state index is 6.77. The Bertz CT molecular complexity index is 1440. The van der Waals surface area contributed by atoms with Crippen LogP contribution in [0.2, 0.25) is 0 Å². The molecule has 3 aromatic carbocycles. The fourth-order valence-corrected chi connectivity index (χ4v) is 16.3. The summed E-state index contributed by atoms with van der Waals surface area (Å²) in [5, 5.41) is 0. The molecule has 45 heavy (non-hydrogen) atoms. The average Bonchev–Trinajstić information content (AvgIpc) is 3.05. The summed E-state index contributed by atoms with van der Waals surface area (Å²) in [6.45, 7) is 7.10. The second-order valence-electron chi connectivity index (χ2n) is 9.92. The van der Waals surface area contributed by atoms with Gasteiger partial charge in [-0.1, -0.05) is 0 Å². The first-order valence-corrected chi connectivity index (χ1v) is 20.1. The molecular weight excluding hydrogens is 639 g/mol. The van der Waals surface area contributed by atoms with Crippen molar-refractivity contribution in [3.05, 3.63) is 72.8 Å². The summed E-state index contributed by atoms with van der Waals surface area (Å²) in [6.07, 6.45) is 2.13. The molecule has 2 N–H and O–H groups in total. The Hall–Kier alpha value is -2.65. The molecule has 0 saturated heterocycles. The molecule has 0 bridgehead atoms. The van der Waals surface area contributed by atoms with E-state index in [0.717, 1.165) is 6.42 Å². The summed E-state index contributed by atoms with van der Waals surface area (Å²) in [5.41, 5.74) is 0. The Labute approximate surface area is 267 Å². The molecule has 4 rings (SSSR count). The van der Waals surface area contributed by atoms with Crippen molar-refractivity contribution in [2.24, 2.45) is 4.52 Å². The molecule has 1 aliphatic heterocycles. The third kappa shape index (κ3) is 9.67. The van der Waals surface area contributed by atoms with Crippen molar-refractivity contribution in [1.29, 1.82) is 0 Å². The molecule has 0 aromatic heterocycles. The third-order valence-electron chi connectivity index (χ3n) is 6.23. The van der Waals surface area contributed by atoms with Crippen LogP contribution in [0.5, 0.6) is 34.5 Å². The number of benzene rings is 3. The van der Waals surface area contributed by atoms with Crippen LogP contribution in [0.4, 0.5) is 0 Å². The molecule has 1 heterocycles. The van der Waals surface area contributed by atoms with Crippen LogP contribution in [-0.2, 0) is 13.6 Å². The summed E-state index contributed by atoms with van der Waals surface area (Å²) >= 11 is 0. The van der Waals surface area contributed by atoms with Gasteiger partial charge in [-0.2, -0.15) is 0 Å². The Morgan fingerprint density at radius 3 is 1.67 bits per heavy atom. The van der Waals surface area contributed by atoms with Crippen LogP contribution in [0, 0.1) is 0 Å². The van der Waals surface area contributed by atoms with Crippen molar-refractivity contribution in [2.75, 3.05) is 41.2 Å². The third-order valence-corrected chi connectivity index (χ3v) is 16.5. The van der Waals surface area contributed by atoms with Gasteiger partial charge in [0, 0.05) is 0 Å². The van der Waals surface area contributed by atoms with Gasteiger partial charge >= 0.3 is 268 Å². The predicted octanol–water partition coefficient (Wildman–Crippen LogP) is 8.49. The molecule has 0 aliphatic carbocycles. The zero-order valence-corrected chi connectivity index (χ0v) is 29.6. The normalized spacial score (nSPS) is 19.8. The van der Waals surface area contributed by atoms with E-state index in [1.54, 1.807) is 39.5 Å². The number of hydrogen-bond donors (Lipinski definition) is 2. The van der Waals surface area contributed by atoms with E-state index >= 15 is 0 Å².